The second kappa shape index (κ2) is 6.08. The molecule has 4 nitrogen and oxygen atoms in total. The van der Waals surface area contributed by atoms with Crippen molar-refractivity contribution in [3.05, 3.63) is 0 Å². The van der Waals surface area contributed by atoms with Gasteiger partial charge in [-0.15, -0.1) is 0 Å². The average molecular weight is 266 g/mol. The molecule has 0 spiro atoms. The number of hydrogen-bond donors (Lipinski definition) is 0. The van der Waals surface area contributed by atoms with Crippen LogP contribution in [0.25, 0.3) is 0 Å². The lowest BCUT2D eigenvalue weighted by Gasteiger charge is -2.38. The van der Waals surface area contributed by atoms with Crippen molar-refractivity contribution in [3.8, 4) is 0 Å². The molecule has 4 heteroatoms. The van der Waals surface area contributed by atoms with Crippen LogP contribution >= 0.6 is 0 Å². The highest BCUT2D eigenvalue weighted by Gasteiger charge is 2.34. The number of nitrogens with zero attached hydrogens (tertiary/aromatic N) is 4. The van der Waals surface area contributed by atoms with E-state index >= 15 is 0 Å². The van der Waals surface area contributed by atoms with Gasteiger partial charge in [0.2, 0.25) is 0 Å². The molecule has 0 N–H and O–H groups in total. The Kier molecular flexibility index (Phi) is 4.42. The molecule has 0 radical (unpaired) electrons. The summed E-state index contributed by atoms with van der Waals surface area (Å²) in [4.78, 5) is 10.4. The Hall–Kier alpha value is -0.160. The third-order valence-corrected chi connectivity index (χ3v) is 5.49. The summed E-state index contributed by atoms with van der Waals surface area (Å²) in [7, 11) is 4.50. The first-order valence-corrected chi connectivity index (χ1v) is 8.07. The largest absolute Gasteiger partial charge is 0.304 e. The van der Waals surface area contributed by atoms with E-state index in [1.54, 1.807) is 0 Å². The minimum absolute atomic E-state index is 0.873. The Morgan fingerprint density at radius 1 is 0.579 bits per heavy atom. The monoisotopic (exact) mass is 266 g/mol. The van der Waals surface area contributed by atoms with Crippen LogP contribution < -0.4 is 0 Å². The van der Waals surface area contributed by atoms with Gasteiger partial charge in [-0.1, -0.05) is 0 Å². The summed E-state index contributed by atoms with van der Waals surface area (Å²) in [6.45, 7) is 10.2. The van der Waals surface area contributed by atoms with Crippen molar-refractivity contribution in [2.75, 3.05) is 66.5 Å². The minimum atomic E-state index is 0.873. The van der Waals surface area contributed by atoms with E-state index in [4.69, 9.17) is 0 Å². The average Bonchev–Trinajstić information content (AvgIpc) is 2.90. The van der Waals surface area contributed by atoms with Crippen LogP contribution in [0.4, 0.5) is 0 Å². The van der Waals surface area contributed by atoms with Gasteiger partial charge in [0.1, 0.15) is 0 Å². The molecule has 0 bridgehead atoms. The SMILES string of the molecule is CN1CCN(C2CCC(N3CCN(C)CC3)C2)CC1. The van der Waals surface area contributed by atoms with Crippen LogP contribution in [0.15, 0.2) is 0 Å². The summed E-state index contributed by atoms with van der Waals surface area (Å²) < 4.78 is 0. The molecule has 3 rings (SSSR count). The second-order valence-corrected chi connectivity index (χ2v) is 6.80. The highest BCUT2D eigenvalue weighted by molar-refractivity contribution is 4.91. The zero-order valence-electron chi connectivity index (χ0n) is 12.7. The molecule has 2 unspecified atom stereocenters. The van der Waals surface area contributed by atoms with E-state index in [9.17, 15) is 0 Å². The van der Waals surface area contributed by atoms with Gasteiger partial charge in [0.25, 0.3) is 0 Å². The fourth-order valence-corrected chi connectivity index (χ4v) is 3.97. The molecule has 3 aliphatic rings. The van der Waals surface area contributed by atoms with Gasteiger partial charge in [0.05, 0.1) is 0 Å². The van der Waals surface area contributed by atoms with Gasteiger partial charge < -0.3 is 9.80 Å². The zero-order valence-corrected chi connectivity index (χ0v) is 12.7. The predicted octanol–water partition coefficient (Wildman–Crippen LogP) is 0.402. The van der Waals surface area contributed by atoms with Crippen LogP contribution in [-0.2, 0) is 0 Å². The first-order chi connectivity index (χ1) is 9.22. The molecular formula is C15H30N4. The second-order valence-electron chi connectivity index (χ2n) is 6.80. The van der Waals surface area contributed by atoms with Crippen molar-refractivity contribution in [3.63, 3.8) is 0 Å². The lowest BCUT2D eigenvalue weighted by atomic mass is 10.1. The molecular weight excluding hydrogens is 236 g/mol. The summed E-state index contributed by atoms with van der Waals surface area (Å²) in [6.07, 6.45) is 4.29. The standard InChI is InChI=1S/C15H30N4/c1-16-5-9-18(10-6-16)14-3-4-15(13-14)19-11-7-17(2)8-12-19/h14-15H,3-13H2,1-2H3. The van der Waals surface area contributed by atoms with Gasteiger partial charge in [0, 0.05) is 64.4 Å². The molecule has 2 heterocycles. The van der Waals surface area contributed by atoms with Crippen molar-refractivity contribution in [1.29, 1.82) is 0 Å². The smallest absolute Gasteiger partial charge is 0.0113 e. The molecule has 3 fully saturated rings. The topological polar surface area (TPSA) is 13.0 Å². The van der Waals surface area contributed by atoms with E-state index in [0.29, 0.717) is 0 Å². The first-order valence-electron chi connectivity index (χ1n) is 8.07. The van der Waals surface area contributed by atoms with Crippen LogP contribution in [0.2, 0.25) is 0 Å². The number of likely N-dealkylation sites (N-methyl/N-ethyl adjacent to an activating group) is 2. The Bertz CT molecular complexity index is 252. The van der Waals surface area contributed by atoms with Gasteiger partial charge >= 0.3 is 0 Å². The summed E-state index contributed by atoms with van der Waals surface area (Å²) in [6, 6.07) is 1.75. The molecule has 110 valence electrons. The summed E-state index contributed by atoms with van der Waals surface area (Å²) in [5, 5.41) is 0. The van der Waals surface area contributed by atoms with Crippen molar-refractivity contribution < 1.29 is 0 Å². The molecule has 19 heavy (non-hydrogen) atoms. The van der Waals surface area contributed by atoms with Crippen LogP contribution in [0.5, 0.6) is 0 Å². The molecule has 2 aliphatic heterocycles. The molecule has 0 aromatic carbocycles. The Balaban J connectivity index is 1.47. The van der Waals surface area contributed by atoms with E-state index in [0.717, 1.165) is 12.1 Å². The normalized spacial score (nSPS) is 36.9. The first kappa shape index (κ1) is 13.8. The maximum Gasteiger partial charge on any atom is 0.0113 e. The number of rotatable bonds is 2. The number of piperazine rings is 2. The molecule has 2 saturated heterocycles. The molecule has 2 atom stereocenters. The molecule has 0 aromatic heterocycles. The molecule has 1 saturated carbocycles. The minimum Gasteiger partial charge on any atom is -0.304 e. The van der Waals surface area contributed by atoms with Crippen LogP contribution in [0.3, 0.4) is 0 Å². The highest BCUT2D eigenvalue weighted by Crippen LogP contribution is 2.29. The Morgan fingerprint density at radius 2 is 0.947 bits per heavy atom. The Morgan fingerprint density at radius 3 is 1.32 bits per heavy atom. The van der Waals surface area contributed by atoms with Gasteiger partial charge in [-0.05, 0) is 33.4 Å². The van der Waals surface area contributed by atoms with Crippen molar-refractivity contribution in [2.24, 2.45) is 0 Å². The van der Waals surface area contributed by atoms with Crippen molar-refractivity contribution in [1.82, 2.24) is 19.6 Å². The van der Waals surface area contributed by atoms with E-state index in [-0.39, 0.29) is 0 Å². The molecule has 0 amide bonds. The molecule has 1 aliphatic carbocycles. The summed E-state index contributed by atoms with van der Waals surface area (Å²) in [5.74, 6) is 0. The van der Waals surface area contributed by atoms with E-state index < -0.39 is 0 Å². The van der Waals surface area contributed by atoms with Gasteiger partial charge in [-0.3, -0.25) is 9.80 Å². The summed E-state index contributed by atoms with van der Waals surface area (Å²) in [5.41, 5.74) is 0. The van der Waals surface area contributed by atoms with Crippen LogP contribution in [0, 0.1) is 0 Å². The van der Waals surface area contributed by atoms with Crippen LogP contribution in [-0.4, -0.2) is 98.1 Å². The van der Waals surface area contributed by atoms with Crippen LogP contribution in [0.1, 0.15) is 19.3 Å². The molecule has 0 aromatic rings. The fraction of sp³-hybridized carbons (Fsp3) is 1.00. The van der Waals surface area contributed by atoms with Crippen molar-refractivity contribution in [2.45, 2.75) is 31.3 Å². The third-order valence-electron chi connectivity index (χ3n) is 5.49. The lowest BCUT2D eigenvalue weighted by molar-refractivity contribution is 0.0914. The fourth-order valence-electron chi connectivity index (χ4n) is 3.97. The van der Waals surface area contributed by atoms with Gasteiger partial charge in [-0.25, -0.2) is 0 Å². The maximum atomic E-state index is 2.76. The predicted molar refractivity (Wildman–Crippen MR) is 79.6 cm³/mol. The number of hydrogen-bond acceptors (Lipinski definition) is 4. The quantitative estimate of drug-likeness (QED) is 0.717. The van der Waals surface area contributed by atoms with E-state index in [2.05, 4.69) is 33.7 Å². The highest BCUT2D eigenvalue weighted by atomic mass is 15.3. The van der Waals surface area contributed by atoms with E-state index in [1.165, 1.54) is 71.6 Å². The van der Waals surface area contributed by atoms with Gasteiger partial charge in [-0.2, -0.15) is 0 Å². The van der Waals surface area contributed by atoms with E-state index in [1.807, 2.05) is 0 Å². The van der Waals surface area contributed by atoms with Gasteiger partial charge in [0.15, 0.2) is 0 Å². The lowest BCUT2D eigenvalue weighted by Crippen LogP contribution is -2.50. The van der Waals surface area contributed by atoms with Crippen molar-refractivity contribution >= 4 is 0 Å². The third kappa shape index (κ3) is 3.30. The zero-order chi connectivity index (χ0) is 13.2. The Labute approximate surface area is 118 Å². The maximum absolute atomic E-state index is 2.76. The summed E-state index contributed by atoms with van der Waals surface area (Å²) >= 11 is 0.